The van der Waals surface area contributed by atoms with Crippen molar-refractivity contribution in [3.63, 3.8) is 0 Å². The molecule has 1 heterocycles. The largest absolute Gasteiger partial charge is 0.497 e. The normalized spacial score (nSPS) is 21.3. The van der Waals surface area contributed by atoms with E-state index in [1.54, 1.807) is 26.0 Å². The van der Waals surface area contributed by atoms with Crippen LogP contribution in [-0.2, 0) is 0 Å². The van der Waals surface area contributed by atoms with Gasteiger partial charge in [-0.3, -0.25) is 4.90 Å². The van der Waals surface area contributed by atoms with Gasteiger partial charge in [-0.25, -0.2) is 0 Å². The highest BCUT2D eigenvalue weighted by Crippen LogP contribution is 2.45. The Labute approximate surface area is 158 Å². The zero-order valence-corrected chi connectivity index (χ0v) is 16.4. The monoisotopic (exact) mass is 374 g/mol. The topological polar surface area (TPSA) is 24.9 Å². The number of ether oxygens (including phenoxy) is 2. The van der Waals surface area contributed by atoms with E-state index in [1.165, 1.54) is 11.1 Å². The second kappa shape index (κ2) is 7.64. The molecule has 2 aromatic rings. The van der Waals surface area contributed by atoms with Crippen LogP contribution in [0.4, 0.5) is 0 Å². The minimum atomic E-state index is 0.0757. The number of rotatable bonds is 4. The van der Waals surface area contributed by atoms with E-state index in [9.17, 15) is 0 Å². The van der Waals surface area contributed by atoms with Crippen LogP contribution in [0.25, 0.3) is 0 Å². The summed E-state index contributed by atoms with van der Waals surface area (Å²) in [5.74, 6) is 1.71. The van der Waals surface area contributed by atoms with E-state index in [0.29, 0.717) is 0 Å². The molecular weight excluding hydrogens is 352 g/mol. The molecule has 2 aromatic carbocycles. The molecule has 0 unspecified atom stereocenters. The number of thiocarbonyl (C=S) groups is 1. The fourth-order valence-corrected chi connectivity index (χ4v) is 4.47. The molecular formula is C19H22N2O2S2. The van der Waals surface area contributed by atoms with Gasteiger partial charge in [-0.05, 0) is 42.4 Å². The molecule has 132 valence electrons. The zero-order valence-electron chi connectivity index (χ0n) is 14.8. The lowest BCUT2D eigenvalue weighted by molar-refractivity contribution is 0.122. The van der Waals surface area contributed by atoms with Gasteiger partial charge in [-0.2, -0.15) is 0 Å². The minimum Gasteiger partial charge on any atom is -0.497 e. The number of thioether (sulfide) groups is 1. The number of nitrogens with zero attached hydrogens (tertiary/aromatic N) is 2. The molecule has 1 aliphatic rings. The fraction of sp³-hybridized carbons (Fsp3) is 0.316. The molecule has 1 fully saturated rings. The van der Waals surface area contributed by atoms with E-state index >= 15 is 0 Å². The first-order valence-corrected chi connectivity index (χ1v) is 9.27. The minimum absolute atomic E-state index is 0.0757. The van der Waals surface area contributed by atoms with Gasteiger partial charge in [0.15, 0.2) is 0 Å². The van der Waals surface area contributed by atoms with Crippen LogP contribution in [0.2, 0.25) is 0 Å². The van der Waals surface area contributed by atoms with Gasteiger partial charge in [0, 0.05) is 7.05 Å². The lowest BCUT2D eigenvalue weighted by Crippen LogP contribution is -2.45. The van der Waals surface area contributed by atoms with Gasteiger partial charge >= 0.3 is 0 Å². The van der Waals surface area contributed by atoms with Gasteiger partial charge in [-0.1, -0.05) is 48.2 Å². The Hall–Kier alpha value is -1.76. The molecule has 0 spiro atoms. The summed E-state index contributed by atoms with van der Waals surface area (Å²) in [4.78, 5) is 4.48. The Balaban J connectivity index is 1.92. The van der Waals surface area contributed by atoms with Gasteiger partial charge in [0.1, 0.15) is 22.0 Å². The fourth-order valence-electron chi connectivity index (χ4n) is 3.07. The average Bonchev–Trinajstić information content (AvgIpc) is 2.65. The molecule has 0 saturated carbocycles. The number of methoxy groups -OCH3 is 2. The van der Waals surface area contributed by atoms with Crippen molar-refractivity contribution in [2.75, 3.05) is 28.3 Å². The molecule has 0 N–H and O–H groups in total. The van der Waals surface area contributed by atoms with E-state index in [-0.39, 0.29) is 11.5 Å². The molecule has 0 aromatic heterocycles. The quantitative estimate of drug-likeness (QED) is 0.740. The maximum Gasteiger partial charge on any atom is 0.139 e. The number of benzene rings is 2. The third kappa shape index (κ3) is 3.61. The van der Waals surface area contributed by atoms with E-state index < -0.39 is 0 Å². The molecule has 1 aliphatic heterocycles. The molecule has 0 amide bonds. The van der Waals surface area contributed by atoms with Gasteiger partial charge in [0.2, 0.25) is 0 Å². The van der Waals surface area contributed by atoms with Crippen LogP contribution in [-0.4, -0.2) is 42.4 Å². The van der Waals surface area contributed by atoms with Crippen LogP contribution in [0.1, 0.15) is 22.7 Å². The molecule has 25 heavy (non-hydrogen) atoms. The molecule has 0 aliphatic carbocycles. The van der Waals surface area contributed by atoms with Crippen LogP contribution in [0, 0.1) is 0 Å². The summed E-state index contributed by atoms with van der Waals surface area (Å²) in [6, 6.07) is 16.4. The predicted octanol–water partition coefficient (Wildman–Crippen LogP) is 4.30. The van der Waals surface area contributed by atoms with Crippen LogP contribution in [0.15, 0.2) is 48.5 Å². The van der Waals surface area contributed by atoms with Crippen molar-refractivity contribution in [3.8, 4) is 11.5 Å². The molecule has 3 rings (SSSR count). The van der Waals surface area contributed by atoms with Crippen molar-refractivity contribution < 1.29 is 9.47 Å². The van der Waals surface area contributed by atoms with Crippen LogP contribution < -0.4 is 9.47 Å². The van der Waals surface area contributed by atoms with Crippen molar-refractivity contribution in [2.45, 2.75) is 11.5 Å². The van der Waals surface area contributed by atoms with Crippen molar-refractivity contribution in [1.29, 1.82) is 0 Å². The molecule has 0 bridgehead atoms. The Morgan fingerprint density at radius 3 is 1.80 bits per heavy atom. The van der Waals surface area contributed by atoms with E-state index in [1.807, 2.05) is 31.3 Å². The highest BCUT2D eigenvalue weighted by Gasteiger charge is 2.36. The average molecular weight is 375 g/mol. The number of hydrogen-bond acceptors (Lipinski definition) is 5. The second-order valence-corrected chi connectivity index (χ2v) is 7.65. The molecule has 1 saturated heterocycles. The van der Waals surface area contributed by atoms with Crippen molar-refractivity contribution in [1.82, 2.24) is 9.80 Å². The van der Waals surface area contributed by atoms with Gasteiger partial charge in [0.25, 0.3) is 0 Å². The summed E-state index contributed by atoms with van der Waals surface area (Å²) < 4.78 is 11.4. The SMILES string of the molecule is COc1ccc([C@@H]2N(C)C(=S)S[C@@H](c3ccc(OC)cc3)N2C)cc1. The first-order valence-electron chi connectivity index (χ1n) is 7.98. The highest BCUT2D eigenvalue weighted by atomic mass is 32.2. The Bertz CT molecular complexity index is 734. The maximum atomic E-state index is 5.65. The summed E-state index contributed by atoms with van der Waals surface area (Å²) in [6.45, 7) is 0. The third-order valence-corrected chi connectivity index (χ3v) is 6.33. The number of hydrogen-bond donors (Lipinski definition) is 0. The highest BCUT2D eigenvalue weighted by molar-refractivity contribution is 8.23. The Kier molecular flexibility index (Phi) is 5.51. The molecule has 2 atom stereocenters. The predicted molar refractivity (Wildman–Crippen MR) is 107 cm³/mol. The van der Waals surface area contributed by atoms with E-state index in [0.717, 1.165) is 15.8 Å². The van der Waals surface area contributed by atoms with Gasteiger partial charge in [-0.15, -0.1) is 0 Å². The molecule has 0 radical (unpaired) electrons. The van der Waals surface area contributed by atoms with Crippen LogP contribution >= 0.6 is 24.0 Å². The summed E-state index contributed by atoms with van der Waals surface area (Å²) >= 11 is 7.34. The van der Waals surface area contributed by atoms with E-state index in [4.69, 9.17) is 21.7 Å². The zero-order chi connectivity index (χ0) is 18.0. The summed E-state index contributed by atoms with van der Waals surface area (Å²) in [5, 5.41) is 0.154. The lowest BCUT2D eigenvalue weighted by atomic mass is 10.1. The molecule has 6 heteroatoms. The van der Waals surface area contributed by atoms with Gasteiger partial charge < -0.3 is 14.4 Å². The third-order valence-electron chi connectivity index (χ3n) is 4.44. The van der Waals surface area contributed by atoms with E-state index in [2.05, 4.69) is 41.1 Å². The standard InChI is InChI=1S/C19H22N2O2S2/c1-20-17(13-5-9-15(22-3)10-6-13)21(2)19(24)25-18(20)14-7-11-16(23-4)12-8-14/h5-12,17-18H,1-4H3/t17-,18-/m0/s1. The van der Waals surface area contributed by atoms with Gasteiger partial charge in [0.05, 0.1) is 19.6 Å². The van der Waals surface area contributed by atoms with Crippen molar-refractivity contribution >= 4 is 28.3 Å². The maximum absolute atomic E-state index is 5.65. The first kappa shape index (κ1) is 18.0. The smallest absolute Gasteiger partial charge is 0.139 e. The summed E-state index contributed by atoms with van der Waals surface area (Å²) in [5.41, 5.74) is 2.40. The lowest BCUT2D eigenvalue weighted by Gasteiger charge is -2.46. The van der Waals surface area contributed by atoms with Crippen molar-refractivity contribution in [3.05, 3.63) is 59.7 Å². The summed E-state index contributed by atoms with van der Waals surface area (Å²) in [7, 11) is 7.54. The Morgan fingerprint density at radius 2 is 1.32 bits per heavy atom. The Morgan fingerprint density at radius 1 is 0.840 bits per heavy atom. The van der Waals surface area contributed by atoms with Crippen molar-refractivity contribution in [2.24, 2.45) is 0 Å². The first-order chi connectivity index (χ1) is 12.0. The van der Waals surface area contributed by atoms with Crippen LogP contribution in [0.5, 0.6) is 11.5 Å². The molecule has 4 nitrogen and oxygen atoms in total. The summed E-state index contributed by atoms with van der Waals surface area (Å²) in [6.07, 6.45) is 0.0757. The van der Waals surface area contributed by atoms with Crippen LogP contribution in [0.3, 0.4) is 0 Å². The second-order valence-electron chi connectivity index (χ2n) is 5.93.